The first-order valence-corrected chi connectivity index (χ1v) is 12.5. The average molecular weight is 452 g/mol. The molecule has 160 valence electrons. The van der Waals surface area contributed by atoms with Crippen molar-refractivity contribution in [3.05, 3.63) is 58.5 Å². The van der Waals surface area contributed by atoms with Crippen molar-refractivity contribution < 1.29 is 9.90 Å². The fraction of sp³-hybridized carbons (Fsp3) is 0.333. The van der Waals surface area contributed by atoms with Crippen molar-refractivity contribution in [2.45, 2.75) is 50.0 Å². The Labute approximate surface area is 191 Å². The van der Waals surface area contributed by atoms with Gasteiger partial charge in [-0.15, -0.1) is 0 Å². The fourth-order valence-corrected chi connectivity index (χ4v) is 6.88. The van der Waals surface area contributed by atoms with Gasteiger partial charge in [0.15, 0.2) is 5.17 Å². The molecule has 2 fully saturated rings. The van der Waals surface area contributed by atoms with E-state index in [0.717, 1.165) is 47.8 Å². The first-order chi connectivity index (χ1) is 15.2. The van der Waals surface area contributed by atoms with Crippen LogP contribution >= 0.6 is 23.5 Å². The summed E-state index contributed by atoms with van der Waals surface area (Å²) in [5, 5.41) is 11.9. The zero-order valence-electron chi connectivity index (χ0n) is 17.5. The fourth-order valence-electron chi connectivity index (χ4n) is 4.43. The number of anilines is 1. The highest BCUT2D eigenvalue weighted by Gasteiger charge is 2.42. The summed E-state index contributed by atoms with van der Waals surface area (Å²) in [5.41, 5.74) is 1.65. The van der Waals surface area contributed by atoms with Gasteiger partial charge >= 0.3 is 0 Å². The van der Waals surface area contributed by atoms with E-state index in [1.54, 1.807) is 30.0 Å². The van der Waals surface area contributed by atoms with Crippen molar-refractivity contribution in [2.75, 3.05) is 11.4 Å². The van der Waals surface area contributed by atoms with Gasteiger partial charge in [0.1, 0.15) is 21.4 Å². The van der Waals surface area contributed by atoms with Gasteiger partial charge in [-0.1, -0.05) is 55.3 Å². The molecular weight excluding hydrogens is 426 g/mol. The number of rotatable bonds is 3. The number of phenols is 1. The maximum absolute atomic E-state index is 13.8. The number of aromatic hydroxyl groups is 1. The van der Waals surface area contributed by atoms with Gasteiger partial charge < -0.3 is 10.0 Å². The zero-order chi connectivity index (χ0) is 21.4. The smallest absolute Gasteiger partial charge is 0.269 e. The quantitative estimate of drug-likeness (QED) is 0.572. The van der Waals surface area contributed by atoms with Crippen LogP contribution in [0.4, 0.5) is 11.4 Å². The minimum atomic E-state index is 0.0415. The second-order valence-electron chi connectivity index (χ2n) is 7.90. The summed E-state index contributed by atoms with van der Waals surface area (Å²) >= 11 is 3.11. The number of benzene rings is 2. The summed E-state index contributed by atoms with van der Waals surface area (Å²) in [5.74, 6) is 0.172. The van der Waals surface area contributed by atoms with Gasteiger partial charge in [-0.25, -0.2) is 4.99 Å². The van der Waals surface area contributed by atoms with Crippen LogP contribution in [0.3, 0.4) is 0 Å². The third kappa shape index (κ3) is 3.74. The lowest BCUT2D eigenvalue weighted by Gasteiger charge is -2.30. The average Bonchev–Trinajstić information content (AvgIpc) is 3.32. The Morgan fingerprint density at radius 3 is 2.55 bits per heavy atom. The third-order valence-corrected chi connectivity index (χ3v) is 8.32. The summed E-state index contributed by atoms with van der Waals surface area (Å²) in [6.07, 6.45) is 5.49. The molecule has 0 unspecified atom stereocenters. The molecule has 2 aromatic carbocycles. The van der Waals surface area contributed by atoms with Gasteiger partial charge in [0, 0.05) is 17.5 Å². The van der Waals surface area contributed by atoms with Crippen LogP contribution < -0.4 is 4.90 Å². The number of hydrogen-bond donors (Lipinski definition) is 1. The number of carbonyl (C=O) groups excluding carboxylic acids is 1. The summed E-state index contributed by atoms with van der Waals surface area (Å²) in [6, 6.07) is 15.5. The number of hydrogen-bond acceptors (Lipinski definition) is 6. The Balaban J connectivity index is 1.58. The van der Waals surface area contributed by atoms with E-state index in [1.165, 1.54) is 23.1 Å². The third-order valence-electron chi connectivity index (χ3n) is 5.97. The van der Waals surface area contributed by atoms with Crippen LogP contribution in [-0.2, 0) is 4.79 Å². The highest BCUT2D eigenvalue weighted by atomic mass is 32.2. The molecule has 7 heteroatoms. The van der Waals surface area contributed by atoms with E-state index in [-0.39, 0.29) is 17.7 Å². The first-order valence-electron chi connectivity index (χ1n) is 10.8. The van der Waals surface area contributed by atoms with Crippen LogP contribution in [0.2, 0.25) is 0 Å². The number of carbonyl (C=O) groups is 1. The Morgan fingerprint density at radius 1 is 1.03 bits per heavy atom. The molecule has 0 atom stereocenters. The van der Waals surface area contributed by atoms with Crippen molar-refractivity contribution >= 4 is 46.0 Å². The van der Waals surface area contributed by atoms with Crippen molar-refractivity contribution in [2.24, 2.45) is 4.99 Å². The lowest BCUT2D eigenvalue weighted by Crippen LogP contribution is -2.40. The van der Waals surface area contributed by atoms with Crippen molar-refractivity contribution in [3.8, 4) is 5.75 Å². The monoisotopic (exact) mass is 451 g/mol. The van der Waals surface area contributed by atoms with Crippen molar-refractivity contribution in [3.63, 3.8) is 0 Å². The minimum absolute atomic E-state index is 0.0415. The number of thioether (sulfide) groups is 2. The number of fused-ring (bicyclic) bond motifs is 1. The van der Waals surface area contributed by atoms with Gasteiger partial charge in [0.2, 0.25) is 0 Å². The van der Waals surface area contributed by atoms with Gasteiger partial charge in [-0.3, -0.25) is 9.69 Å². The Kier molecular flexibility index (Phi) is 5.71. The molecule has 31 heavy (non-hydrogen) atoms. The molecule has 1 saturated carbocycles. The van der Waals surface area contributed by atoms with E-state index in [1.807, 2.05) is 23.1 Å². The zero-order valence-corrected chi connectivity index (χ0v) is 19.1. The van der Waals surface area contributed by atoms with Crippen LogP contribution in [0, 0.1) is 0 Å². The molecule has 1 N–H and O–H groups in total. The second-order valence-corrected chi connectivity index (χ2v) is 9.91. The maximum atomic E-state index is 13.8. The molecular formula is C24H25N3O2S2. The van der Waals surface area contributed by atoms with E-state index in [0.29, 0.717) is 10.9 Å². The topological polar surface area (TPSA) is 56.1 Å². The molecule has 2 aliphatic heterocycles. The molecule has 0 spiro atoms. The van der Waals surface area contributed by atoms with Crippen LogP contribution in [0.25, 0.3) is 0 Å². The lowest BCUT2D eigenvalue weighted by molar-refractivity contribution is -0.124. The molecule has 1 saturated heterocycles. The van der Waals surface area contributed by atoms with Crippen molar-refractivity contribution in [1.29, 1.82) is 0 Å². The van der Waals surface area contributed by atoms with E-state index in [9.17, 15) is 9.90 Å². The standard InChI is InChI=1S/C24H25N3O2S2/c1-2-26-18-13-7-9-15-20(18)30-23(26)21-22(29)27(16-10-4-3-5-11-16)24(31-21)25-17-12-6-8-14-19(17)28/h6-9,12-16,28H,2-5,10-11H2,1H3/b23-21-,25-24?. The SMILES string of the molecule is CCN1/C(=C2/SC(=Nc3ccccc3O)N(C3CCCCC3)C2=O)Sc2ccccc21. The van der Waals surface area contributed by atoms with E-state index >= 15 is 0 Å². The van der Waals surface area contributed by atoms with E-state index in [2.05, 4.69) is 24.0 Å². The van der Waals surface area contributed by atoms with Crippen LogP contribution in [0.5, 0.6) is 5.75 Å². The highest BCUT2D eigenvalue weighted by Crippen LogP contribution is 2.51. The summed E-state index contributed by atoms with van der Waals surface area (Å²) in [4.78, 5) is 24.6. The Bertz CT molecular complexity index is 1080. The summed E-state index contributed by atoms with van der Waals surface area (Å²) < 4.78 is 0. The second kappa shape index (κ2) is 8.63. The molecule has 1 aliphatic carbocycles. The van der Waals surface area contributed by atoms with Crippen LogP contribution in [0.1, 0.15) is 39.0 Å². The largest absolute Gasteiger partial charge is 0.506 e. The number of aliphatic imine (C=N–C) groups is 1. The van der Waals surface area contributed by atoms with Gasteiger partial charge in [0.05, 0.1) is 5.69 Å². The van der Waals surface area contributed by atoms with Crippen LogP contribution in [0.15, 0.2) is 68.4 Å². The molecule has 0 aromatic heterocycles. The molecule has 1 amide bonds. The summed E-state index contributed by atoms with van der Waals surface area (Å²) in [7, 11) is 0. The summed E-state index contributed by atoms with van der Waals surface area (Å²) in [6.45, 7) is 2.91. The molecule has 2 aromatic rings. The number of para-hydroxylation sites is 3. The van der Waals surface area contributed by atoms with E-state index in [4.69, 9.17) is 4.99 Å². The van der Waals surface area contributed by atoms with Gasteiger partial charge in [0.25, 0.3) is 5.91 Å². The molecule has 2 heterocycles. The first kappa shape index (κ1) is 20.5. The predicted molar refractivity (Wildman–Crippen MR) is 129 cm³/mol. The lowest BCUT2D eigenvalue weighted by atomic mass is 9.94. The normalized spacial score (nSPS) is 23.1. The molecule has 3 aliphatic rings. The number of amides is 1. The molecule has 0 radical (unpaired) electrons. The number of phenolic OH excluding ortho intramolecular Hbond substituents is 1. The number of amidine groups is 1. The van der Waals surface area contributed by atoms with Gasteiger partial charge in [-0.05, 0) is 55.8 Å². The predicted octanol–water partition coefficient (Wildman–Crippen LogP) is 6.09. The van der Waals surface area contributed by atoms with E-state index < -0.39 is 0 Å². The van der Waals surface area contributed by atoms with Crippen molar-refractivity contribution in [1.82, 2.24) is 4.90 Å². The van der Waals surface area contributed by atoms with Gasteiger partial charge in [-0.2, -0.15) is 0 Å². The van der Waals surface area contributed by atoms with Crippen LogP contribution in [-0.4, -0.2) is 33.7 Å². The Morgan fingerprint density at radius 2 is 1.77 bits per heavy atom. The highest BCUT2D eigenvalue weighted by molar-refractivity contribution is 8.19. The molecule has 0 bridgehead atoms. The molecule has 5 nitrogen and oxygen atoms in total. The molecule has 5 rings (SSSR count). The number of nitrogens with zero attached hydrogens (tertiary/aromatic N) is 3. The maximum Gasteiger partial charge on any atom is 0.269 e. The Hall–Kier alpha value is -2.38. The minimum Gasteiger partial charge on any atom is -0.506 e.